The molecule has 2 nitrogen and oxygen atoms in total. The number of halogens is 1. The summed E-state index contributed by atoms with van der Waals surface area (Å²) in [5.41, 5.74) is 0.859. The van der Waals surface area contributed by atoms with Crippen molar-refractivity contribution in [3.05, 3.63) is 24.3 Å². The molecule has 0 aromatic heterocycles. The Balaban J connectivity index is 1.69. The van der Waals surface area contributed by atoms with Crippen LogP contribution in [0.15, 0.2) is 24.3 Å². The molecule has 1 saturated heterocycles. The molecule has 4 rings (SSSR count). The first-order valence-electron chi connectivity index (χ1n) is 7.74. The van der Waals surface area contributed by atoms with E-state index in [4.69, 9.17) is 8.56 Å². The Morgan fingerprint density at radius 3 is 2.57 bits per heavy atom. The molecule has 1 aliphatic heterocycles. The third-order valence-electron chi connectivity index (χ3n) is 6.48. The van der Waals surface area contributed by atoms with Crippen molar-refractivity contribution < 1.29 is 8.56 Å². The van der Waals surface area contributed by atoms with Gasteiger partial charge >= 0.3 is 137 Å². The maximum atomic E-state index is 6.72. The molecule has 2 saturated carbocycles. The summed E-state index contributed by atoms with van der Waals surface area (Å²) >= 11 is 1.89. The fourth-order valence-corrected chi connectivity index (χ4v) is 15.2. The number of hydrogen-bond donors (Lipinski definition) is 0. The molecule has 21 heavy (non-hydrogen) atoms. The molecule has 2 bridgehead atoms. The maximum absolute atomic E-state index is 6.72. The van der Waals surface area contributed by atoms with Gasteiger partial charge in [0.1, 0.15) is 0 Å². The third kappa shape index (κ3) is 1.80. The van der Waals surface area contributed by atoms with Gasteiger partial charge in [-0.1, -0.05) is 0 Å². The molecule has 4 unspecified atom stereocenters. The molecule has 1 aromatic rings. The summed E-state index contributed by atoms with van der Waals surface area (Å²) in [6.45, 7) is 4.97. The van der Waals surface area contributed by atoms with Gasteiger partial charge in [-0.25, -0.2) is 0 Å². The van der Waals surface area contributed by atoms with Crippen LogP contribution in [-0.2, 0) is 3.82 Å². The van der Waals surface area contributed by atoms with Crippen LogP contribution in [0, 0.1) is 16.7 Å². The fourth-order valence-electron chi connectivity index (χ4n) is 4.94. The van der Waals surface area contributed by atoms with Crippen LogP contribution in [0.1, 0.15) is 33.1 Å². The van der Waals surface area contributed by atoms with Gasteiger partial charge in [-0.15, -0.1) is 0 Å². The van der Waals surface area contributed by atoms with Crippen LogP contribution in [-0.4, -0.2) is 24.6 Å². The molecule has 0 N–H and O–H groups in total. The molecular weight excluding hydrogens is 395 g/mol. The molecule has 3 aliphatic rings. The molecule has 1 heterocycles. The number of benzene rings is 1. The summed E-state index contributed by atoms with van der Waals surface area (Å²) in [5.74, 6) is 1.79. The Kier molecular flexibility index (Phi) is 3.12. The van der Waals surface area contributed by atoms with Crippen molar-refractivity contribution in [3.8, 4) is 5.75 Å². The van der Waals surface area contributed by atoms with Gasteiger partial charge in [-0.3, -0.25) is 0 Å². The van der Waals surface area contributed by atoms with Crippen molar-refractivity contribution in [1.29, 1.82) is 0 Å². The van der Waals surface area contributed by atoms with Crippen molar-refractivity contribution in [2.24, 2.45) is 16.7 Å². The molecule has 1 spiro atoms. The van der Waals surface area contributed by atoms with Crippen molar-refractivity contribution in [2.45, 2.75) is 44.5 Å². The van der Waals surface area contributed by atoms with Gasteiger partial charge in [0, 0.05) is 0 Å². The average Bonchev–Trinajstić information content (AvgIpc) is 2.99. The summed E-state index contributed by atoms with van der Waals surface area (Å²) in [4.78, 5) is 0. The SMILES string of the molecule is COc1ccc([Se]2(Br)CC34CCC(CC3O2)C4(C)C)cc1. The Bertz CT molecular complexity index is 573. The topological polar surface area (TPSA) is 18.5 Å². The number of methoxy groups -OCH3 is 1. The quantitative estimate of drug-likeness (QED) is 0.678. The van der Waals surface area contributed by atoms with Gasteiger partial charge in [-0.05, 0) is 0 Å². The summed E-state index contributed by atoms with van der Waals surface area (Å²) in [6.07, 6.45) is 4.51. The second kappa shape index (κ2) is 4.50. The fraction of sp³-hybridized carbons (Fsp3) is 0.647. The van der Waals surface area contributed by atoms with E-state index in [-0.39, 0.29) is 0 Å². The van der Waals surface area contributed by atoms with Crippen LogP contribution in [0.4, 0.5) is 0 Å². The Labute approximate surface area is 136 Å². The molecule has 3 fully saturated rings. The second-order valence-corrected chi connectivity index (χ2v) is 17.3. The average molecular weight is 418 g/mol. The standard InChI is InChI=1S/C17H23BrO2Se/c1-16(2)12-8-9-17(16)11-21(18,20-15(17)10-12)14-6-4-13(19-3)5-7-14/h4-7,12,15H,8-11H2,1-3H3. The zero-order valence-corrected chi connectivity index (χ0v) is 16.2. The molecule has 0 radical (unpaired) electrons. The van der Waals surface area contributed by atoms with Gasteiger partial charge in [0.05, 0.1) is 0 Å². The summed E-state index contributed by atoms with van der Waals surface area (Å²) in [6, 6.07) is 8.52. The zero-order valence-electron chi connectivity index (χ0n) is 12.9. The van der Waals surface area contributed by atoms with Crippen molar-refractivity contribution in [2.75, 3.05) is 7.11 Å². The van der Waals surface area contributed by atoms with E-state index in [1.807, 2.05) is 0 Å². The van der Waals surface area contributed by atoms with E-state index in [1.54, 1.807) is 7.11 Å². The third-order valence-corrected chi connectivity index (χ3v) is 15.4. The van der Waals surface area contributed by atoms with E-state index in [0.29, 0.717) is 16.9 Å². The summed E-state index contributed by atoms with van der Waals surface area (Å²) < 4.78 is 13.4. The van der Waals surface area contributed by atoms with Gasteiger partial charge in [0.25, 0.3) is 0 Å². The van der Waals surface area contributed by atoms with Gasteiger partial charge < -0.3 is 0 Å². The van der Waals surface area contributed by atoms with Crippen LogP contribution in [0.5, 0.6) is 5.75 Å². The van der Waals surface area contributed by atoms with Crippen LogP contribution < -0.4 is 9.20 Å². The molecule has 2 aliphatic carbocycles. The first-order chi connectivity index (χ1) is 9.91. The van der Waals surface area contributed by atoms with Crippen LogP contribution in [0.2, 0.25) is 5.32 Å². The molecule has 116 valence electrons. The van der Waals surface area contributed by atoms with Gasteiger partial charge in [-0.2, -0.15) is 0 Å². The molecular formula is C17H23BrO2Se. The van der Waals surface area contributed by atoms with Crippen molar-refractivity contribution in [1.82, 2.24) is 0 Å². The Morgan fingerprint density at radius 2 is 2.00 bits per heavy atom. The number of rotatable bonds is 2. The van der Waals surface area contributed by atoms with E-state index in [1.165, 1.54) is 29.0 Å². The predicted octanol–water partition coefficient (Wildman–Crippen LogP) is 3.96. The minimum absolute atomic E-state index is 0.418. The van der Waals surface area contributed by atoms with Gasteiger partial charge in [0.2, 0.25) is 0 Å². The minimum atomic E-state index is -2.20. The van der Waals surface area contributed by atoms with Crippen molar-refractivity contribution in [3.63, 3.8) is 0 Å². The molecule has 0 amide bonds. The second-order valence-electron chi connectivity index (χ2n) is 7.35. The molecule has 4 heteroatoms. The zero-order chi connectivity index (χ0) is 14.9. The van der Waals surface area contributed by atoms with Crippen LogP contribution in [0.3, 0.4) is 0 Å². The van der Waals surface area contributed by atoms with Crippen LogP contribution in [0.25, 0.3) is 0 Å². The Morgan fingerprint density at radius 1 is 1.29 bits per heavy atom. The number of fused-ring (bicyclic) bond motifs is 1. The van der Waals surface area contributed by atoms with Crippen LogP contribution >= 0.6 is 14.1 Å². The number of ether oxygens (including phenoxy) is 1. The van der Waals surface area contributed by atoms with E-state index < -0.39 is 11.4 Å². The van der Waals surface area contributed by atoms with Gasteiger partial charge in [0.15, 0.2) is 0 Å². The first kappa shape index (κ1) is 14.6. The predicted molar refractivity (Wildman–Crippen MR) is 90.5 cm³/mol. The van der Waals surface area contributed by atoms with Crippen molar-refractivity contribution >= 4 is 29.9 Å². The first-order valence-corrected chi connectivity index (χ1v) is 14.5. The summed E-state index contributed by atoms with van der Waals surface area (Å²) in [7, 11) is 1.72. The van der Waals surface area contributed by atoms with E-state index in [2.05, 4.69) is 52.2 Å². The van der Waals surface area contributed by atoms with E-state index >= 15 is 0 Å². The monoisotopic (exact) mass is 418 g/mol. The van der Waals surface area contributed by atoms with E-state index in [9.17, 15) is 0 Å². The molecule has 4 atom stereocenters. The normalized spacial score (nSPS) is 46.1. The summed E-state index contributed by atoms with van der Waals surface area (Å²) in [5, 5.41) is 1.24. The van der Waals surface area contributed by atoms with E-state index in [0.717, 1.165) is 11.7 Å². The Hall–Kier alpha value is -0.0205. The number of hydrogen-bond acceptors (Lipinski definition) is 2. The molecule has 1 aromatic carbocycles.